The van der Waals surface area contributed by atoms with Gasteiger partial charge in [-0.2, -0.15) is 0 Å². The minimum atomic E-state index is 0.0116. The van der Waals surface area contributed by atoms with Crippen LogP contribution in [0.5, 0.6) is 0 Å². The molecule has 1 aromatic heterocycles. The molecule has 1 aliphatic heterocycles. The summed E-state index contributed by atoms with van der Waals surface area (Å²) in [6, 6.07) is 4.50. The number of nitrogens with two attached hydrogens (primary N) is 1. The molecule has 0 aromatic carbocycles. The van der Waals surface area contributed by atoms with Crippen LogP contribution in [-0.4, -0.2) is 43.0 Å². The van der Waals surface area contributed by atoms with E-state index in [1.807, 2.05) is 12.1 Å². The normalized spacial score (nSPS) is 22.9. The fourth-order valence-electron chi connectivity index (χ4n) is 2.34. The SMILES string of the molecule is CC1CC(NC(=O)c2ccc(C#CCN)s2)CCN1C. The van der Waals surface area contributed by atoms with Crippen LogP contribution in [0.25, 0.3) is 0 Å². The van der Waals surface area contributed by atoms with Gasteiger partial charge in [-0.25, -0.2) is 0 Å². The highest BCUT2D eigenvalue weighted by Gasteiger charge is 2.24. The van der Waals surface area contributed by atoms with Crippen LogP contribution >= 0.6 is 11.3 Å². The molecule has 2 heterocycles. The summed E-state index contributed by atoms with van der Waals surface area (Å²) in [5.74, 6) is 5.76. The summed E-state index contributed by atoms with van der Waals surface area (Å²) in [4.78, 5) is 16.1. The lowest BCUT2D eigenvalue weighted by Gasteiger charge is -2.35. The van der Waals surface area contributed by atoms with Crippen molar-refractivity contribution in [2.45, 2.75) is 31.8 Å². The molecule has 2 unspecified atom stereocenters. The molecule has 108 valence electrons. The number of nitrogens with one attached hydrogen (secondary N) is 1. The number of thiophene rings is 1. The Morgan fingerprint density at radius 3 is 3.10 bits per heavy atom. The van der Waals surface area contributed by atoms with Crippen molar-refractivity contribution in [1.29, 1.82) is 0 Å². The van der Waals surface area contributed by atoms with Gasteiger partial charge in [0.15, 0.2) is 0 Å². The van der Waals surface area contributed by atoms with Crippen LogP contribution in [-0.2, 0) is 0 Å². The minimum Gasteiger partial charge on any atom is -0.349 e. The molecule has 4 nitrogen and oxygen atoms in total. The van der Waals surface area contributed by atoms with Crippen LogP contribution in [0.15, 0.2) is 12.1 Å². The van der Waals surface area contributed by atoms with Crippen molar-refractivity contribution in [2.75, 3.05) is 20.1 Å². The Balaban J connectivity index is 1.93. The van der Waals surface area contributed by atoms with Crippen molar-refractivity contribution in [3.8, 4) is 11.8 Å². The van der Waals surface area contributed by atoms with E-state index in [1.165, 1.54) is 11.3 Å². The standard InChI is InChI=1S/C15H21N3OS/c1-11-10-12(7-9-18(11)2)17-15(19)14-6-5-13(20-14)4-3-8-16/h5-6,11-12H,7-10,16H2,1-2H3,(H,17,19). The van der Waals surface area contributed by atoms with Gasteiger partial charge in [0.05, 0.1) is 16.3 Å². The third-order valence-electron chi connectivity index (χ3n) is 3.69. The van der Waals surface area contributed by atoms with E-state index in [1.54, 1.807) is 0 Å². The molecule has 0 bridgehead atoms. The second kappa shape index (κ2) is 6.89. The van der Waals surface area contributed by atoms with Crippen LogP contribution in [0, 0.1) is 11.8 Å². The molecule has 0 spiro atoms. The Bertz CT molecular complexity index is 529. The van der Waals surface area contributed by atoms with E-state index in [0.29, 0.717) is 12.6 Å². The lowest BCUT2D eigenvalue weighted by Crippen LogP contribution is -2.47. The highest BCUT2D eigenvalue weighted by atomic mass is 32.1. The highest BCUT2D eigenvalue weighted by Crippen LogP contribution is 2.18. The smallest absolute Gasteiger partial charge is 0.261 e. The summed E-state index contributed by atoms with van der Waals surface area (Å²) >= 11 is 1.42. The molecule has 20 heavy (non-hydrogen) atoms. The zero-order chi connectivity index (χ0) is 14.5. The summed E-state index contributed by atoms with van der Waals surface area (Å²) in [6.45, 7) is 3.57. The van der Waals surface area contributed by atoms with Gasteiger partial charge in [0.2, 0.25) is 0 Å². The number of likely N-dealkylation sites (tertiary alicyclic amines) is 1. The number of hydrogen-bond acceptors (Lipinski definition) is 4. The molecule has 0 aliphatic carbocycles. The van der Waals surface area contributed by atoms with Crippen molar-refractivity contribution in [1.82, 2.24) is 10.2 Å². The molecule has 5 heteroatoms. The molecule has 0 saturated carbocycles. The molecule has 1 saturated heterocycles. The van der Waals surface area contributed by atoms with Gasteiger partial charge in [-0.3, -0.25) is 4.79 Å². The first-order valence-electron chi connectivity index (χ1n) is 6.90. The van der Waals surface area contributed by atoms with Crippen LogP contribution in [0.3, 0.4) is 0 Å². The molecule has 2 rings (SSSR count). The molecule has 1 fully saturated rings. The lowest BCUT2D eigenvalue weighted by atomic mass is 9.99. The molecule has 3 N–H and O–H groups in total. The fraction of sp³-hybridized carbons (Fsp3) is 0.533. The average molecular weight is 291 g/mol. The molecule has 1 aromatic rings. The summed E-state index contributed by atoms with van der Waals surface area (Å²) in [5, 5.41) is 3.13. The van der Waals surface area contributed by atoms with Gasteiger partial charge < -0.3 is 16.0 Å². The fourth-order valence-corrected chi connectivity index (χ4v) is 3.13. The van der Waals surface area contributed by atoms with Crippen LogP contribution in [0.2, 0.25) is 0 Å². The van der Waals surface area contributed by atoms with Crippen molar-refractivity contribution < 1.29 is 4.79 Å². The summed E-state index contributed by atoms with van der Waals surface area (Å²) in [5.41, 5.74) is 5.34. The van der Waals surface area contributed by atoms with E-state index in [0.717, 1.165) is 29.1 Å². The molecule has 1 aliphatic rings. The third kappa shape index (κ3) is 3.83. The molecular weight excluding hydrogens is 270 g/mol. The number of piperidine rings is 1. The Morgan fingerprint density at radius 1 is 1.60 bits per heavy atom. The van der Waals surface area contributed by atoms with E-state index < -0.39 is 0 Å². The van der Waals surface area contributed by atoms with E-state index >= 15 is 0 Å². The molecule has 0 radical (unpaired) electrons. The van der Waals surface area contributed by atoms with E-state index in [4.69, 9.17) is 5.73 Å². The zero-order valence-corrected chi connectivity index (χ0v) is 12.8. The summed E-state index contributed by atoms with van der Waals surface area (Å²) in [6.07, 6.45) is 2.02. The predicted molar refractivity (Wildman–Crippen MR) is 82.8 cm³/mol. The van der Waals surface area contributed by atoms with Gasteiger partial charge in [0.1, 0.15) is 0 Å². The second-order valence-corrected chi connectivity index (χ2v) is 6.28. The largest absolute Gasteiger partial charge is 0.349 e. The Morgan fingerprint density at radius 2 is 2.40 bits per heavy atom. The maximum Gasteiger partial charge on any atom is 0.261 e. The third-order valence-corrected chi connectivity index (χ3v) is 4.69. The maximum absolute atomic E-state index is 12.2. The first kappa shape index (κ1) is 15.0. The number of amides is 1. The first-order valence-corrected chi connectivity index (χ1v) is 7.71. The first-order chi connectivity index (χ1) is 9.60. The number of nitrogens with zero attached hydrogens (tertiary/aromatic N) is 1. The van der Waals surface area contributed by atoms with E-state index in [9.17, 15) is 4.79 Å². The van der Waals surface area contributed by atoms with Crippen LogP contribution in [0.4, 0.5) is 0 Å². The van der Waals surface area contributed by atoms with Gasteiger partial charge in [0.25, 0.3) is 5.91 Å². The maximum atomic E-state index is 12.2. The number of rotatable bonds is 2. The monoisotopic (exact) mass is 291 g/mol. The van der Waals surface area contributed by atoms with Crippen LogP contribution in [0.1, 0.15) is 34.3 Å². The number of carbonyl (C=O) groups is 1. The van der Waals surface area contributed by atoms with E-state index in [2.05, 4.69) is 36.0 Å². The Kier molecular flexibility index (Phi) is 5.18. The van der Waals surface area contributed by atoms with Gasteiger partial charge in [0, 0.05) is 18.6 Å². The molecule has 1 amide bonds. The van der Waals surface area contributed by atoms with Crippen molar-refractivity contribution in [2.24, 2.45) is 5.73 Å². The molecule has 2 atom stereocenters. The van der Waals surface area contributed by atoms with Gasteiger partial charge in [-0.15, -0.1) is 11.3 Å². The average Bonchev–Trinajstić information content (AvgIpc) is 2.89. The molecular formula is C15H21N3OS. The predicted octanol–water partition coefficient (Wildman–Crippen LogP) is 1.27. The van der Waals surface area contributed by atoms with E-state index in [-0.39, 0.29) is 11.9 Å². The van der Waals surface area contributed by atoms with Crippen molar-refractivity contribution in [3.63, 3.8) is 0 Å². The number of carbonyl (C=O) groups excluding carboxylic acids is 1. The van der Waals surface area contributed by atoms with Gasteiger partial charge in [-0.05, 0) is 38.9 Å². The van der Waals surface area contributed by atoms with Crippen LogP contribution < -0.4 is 11.1 Å². The van der Waals surface area contributed by atoms with Crippen molar-refractivity contribution in [3.05, 3.63) is 21.9 Å². The minimum absolute atomic E-state index is 0.0116. The summed E-state index contributed by atoms with van der Waals surface area (Å²) < 4.78 is 0. The van der Waals surface area contributed by atoms with Gasteiger partial charge >= 0.3 is 0 Å². The Labute approximate surface area is 124 Å². The lowest BCUT2D eigenvalue weighted by molar-refractivity contribution is 0.0900. The van der Waals surface area contributed by atoms with Crippen molar-refractivity contribution >= 4 is 17.2 Å². The second-order valence-electron chi connectivity index (χ2n) is 5.19. The van der Waals surface area contributed by atoms with Gasteiger partial charge in [-0.1, -0.05) is 11.8 Å². The quantitative estimate of drug-likeness (QED) is 0.807. The Hall–Kier alpha value is -1.35. The summed E-state index contributed by atoms with van der Waals surface area (Å²) in [7, 11) is 2.13. The number of hydrogen-bond donors (Lipinski definition) is 2. The topological polar surface area (TPSA) is 58.4 Å². The zero-order valence-electron chi connectivity index (χ0n) is 12.0. The highest BCUT2D eigenvalue weighted by molar-refractivity contribution is 7.14.